The maximum atomic E-state index is 12.7. The minimum absolute atomic E-state index is 0.00596. The number of nitrogens with one attached hydrogen (secondary N) is 1. The number of hydrogen-bond acceptors (Lipinski definition) is 1. The van der Waals surface area contributed by atoms with Gasteiger partial charge in [0.2, 0.25) is 5.91 Å². The molecule has 118 valence electrons. The first-order valence-electron chi connectivity index (χ1n) is 6.97. The monoisotopic (exact) mass is 321 g/mol. The SMILES string of the molecule is CCCCC(CC)C(=O)Nc1cc(C(F)(F)F)ccc1Cl. The Hall–Kier alpha value is -1.23. The molecule has 0 saturated carbocycles. The molecule has 1 amide bonds. The van der Waals surface area contributed by atoms with Gasteiger partial charge in [0, 0.05) is 5.92 Å². The van der Waals surface area contributed by atoms with Crippen molar-refractivity contribution in [3.8, 4) is 0 Å². The zero-order chi connectivity index (χ0) is 16.0. The fourth-order valence-electron chi connectivity index (χ4n) is 2.00. The standard InChI is InChI=1S/C15H19ClF3NO/c1-3-5-6-10(4-2)14(21)20-13-9-11(15(17,18)19)7-8-12(13)16/h7-10H,3-6H2,1-2H3,(H,20,21). The molecule has 0 aliphatic carbocycles. The summed E-state index contributed by atoms with van der Waals surface area (Å²) in [6.07, 6.45) is -1.23. The number of unbranched alkanes of at least 4 members (excludes halogenated alkanes) is 1. The molecule has 0 bridgehead atoms. The molecule has 0 aliphatic heterocycles. The molecule has 1 atom stereocenters. The molecule has 0 aliphatic rings. The molecular formula is C15H19ClF3NO. The van der Waals surface area contributed by atoms with Gasteiger partial charge in [-0.2, -0.15) is 13.2 Å². The van der Waals surface area contributed by atoms with Crippen LogP contribution in [-0.2, 0) is 11.0 Å². The third-order valence-electron chi connectivity index (χ3n) is 3.32. The van der Waals surface area contributed by atoms with Crippen LogP contribution in [0.25, 0.3) is 0 Å². The van der Waals surface area contributed by atoms with Gasteiger partial charge in [-0.05, 0) is 31.0 Å². The minimum Gasteiger partial charge on any atom is -0.325 e. The molecule has 2 nitrogen and oxygen atoms in total. The molecule has 6 heteroatoms. The van der Waals surface area contributed by atoms with Crippen LogP contribution >= 0.6 is 11.6 Å². The number of rotatable bonds is 6. The van der Waals surface area contributed by atoms with Crippen LogP contribution in [0.5, 0.6) is 0 Å². The van der Waals surface area contributed by atoms with Gasteiger partial charge in [-0.25, -0.2) is 0 Å². The van der Waals surface area contributed by atoms with Crippen LogP contribution in [0.15, 0.2) is 18.2 Å². The van der Waals surface area contributed by atoms with Crippen molar-refractivity contribution in [2.75, 3.05) is 5.32 Å². The summed E-state index contributed by atoms with van der Waals surface area (Å²) in [5.74, 6) is -0.497. The van der Waals surface area contributed by atoms with E-state index in [-0.39, 0.29) is 22.5 Å². The Balaban J connectivity index is 2.88. The maximum Gasteiger partial charge on any atom is 0.416 e. The van der Waals surface area contributed by atoms with Crippen molar-refractivity contribution in [1.82, 2.24) is 0 Å². The van der Waals surface area contributed by atoms with Crippen LogP contribution in [0.3, 0.4) is 0 Å². The first-order valence-corrected chi connectivity index (χ1v) is 7.35. The van der Waals surface area contributed by atoms with Crippen LogP contribution in [0, 0.1) is 5.92 Å². The highest BCUT2D eigenvalue weighted by molar-refractivity contribution is 6.33. The highest BCUT2D eigenvalue weighted by Gasteiger charge is 2.31. The van der Waals surface area contributed by atoms with Crippen molar-refractivity contribution in [1.29, 1.82) is 0 Å². The Bertz CT molecular complexity index is 488. The highest BCUT2D eigenvalue weighted by atomic mass is 35.5. The van der Waals surface area contributed by atoms with E-state index in [1.54, 1.807) is 0 Å². The zero-order valence-corrected chi connectivity index (χ0v) is 12.8. The Labute approximate surface area is 127 Å². The van der Waals surface area contributed by atoms with Crippen LogP contribution in [-0.4, -0.2) is 5.91 Å². The van der Waals surface area contributed by atoms with Crippen LogP contribution in [0.4, 0.5) is 18.9 Å². The first-order chi connectivity index (χ1) is 9.79. The number of anilines is 1. The Morgan fingerprint density at radius 3 is 2.52 bits per heavy atom. The lowest BCUT2D eigenvalue weighted by Crippen LogP contribution is -2.22. The molecule has 0 spiro atoms. The van der Waals surface area contributed by atoms with Gasteiger partial charge in [-0.1, -0.05) is 38.3 Å². The second-order valence-electron chi connectivity index (χ2n) is 4.93. The van der Waals surface area contributed by atoms with Gasteiger partial charge in [0.15, 0.2) is 0 Å². The normalized spacial score (nSPS) is 13.0. The molecule has 1 aromatic rings. The molecule has 0 aromatic heterocycles. The lowest BCUT2D eigenvalue weighted by atomic mass is 9.98. The summed E-state index contributed by atoms with van der Waals surface area (Å²) < 4.78 is 38.0. The summed E-state index contributed by atoms with van der Waals surface area (Å²) in [5.41, 5.74) is -0.824. The van der Waals surface area contributed by atoms with Crippen LogP contribution in [0.2, 0.25) is 5.02 Å². The first kappa shape index (κ1) is 17.8. The molecule has 1 N–H and O–H groups in total. The molecule has 0 radical (unpaired) electrons. The van der Waals surface area contributed by atoms with E-state index in [1.165, 1.54) is 0 Å². The van der Waals surface area contributed by atoms with E-state index in [4.69, 9.17) is 11.6 Å². The summed E-state index contributed by atoms with van der Waals surface area (Å²) in [6.45, 7) is 3.90. The lowest BCUT2D eigenvalue weighted by Gasteiger charge is -2.16. The molecule has 0 fully saturated rings. The fourth-order valence-corrected chi connectivity index (χ4v) is 2.17. The van der Waals surface area contributed by atoms with E-state index in [0.717, 1.165) is 37.5 Å². The van der Waals surface area contributed by atoms with Crippen LogP contribution < -0.4 is 5.32 Å². The van der Waals surface area contributed by atoms with Gasteiger partial charge in [-0.15, -0.1) is 0 Å². The number of alkyl halides is 3. The lowest BCUT2D eigenvalue weighted by molar-refractivity contribution is -0.137. The highest BCUT2D eigenvalue weighted by Crippen LogP contribution is 2.34. The number of amides is 1. The van der Waals surface area contributed by atoms with Crippen molar-refractivity contribution < 1.29 is 18.0 Å². The summed E-state index contributed by atoms with van der Waals surface area (Å²) >= 11 is 5.86. The van der Waals surface area contributed by atoms with E-state index in [2.05, 4.69) is 5.32 Å². The van der Waals surface area contributed by atoms with Gasteiger partial charge < -0.3 is 5.32 Å². The smallest absolute Gasteiger partial charge is 0.325 e. The largest absolute Gasteiger partial charge is 0.416 e. The third kappa shape index (κ3) is 5.23. The number of carbonyl (C=O) groups is 1. The summed E-state index contributed by atoms with van der Waals surface area (Å²) in [5, 5.41) is 2.61. The predicted molar refractivity (Wildman–Crippen MR) is 78.4 cm³/mol. The molecule has 1 rings (SSSR count). The average molecular weight is 322 g/mol. The second kappa shape index (κ2) is 7.69. The van der Waals surface area contributed by atoms with Crippen molar-refractivity contribution in [3.63, 3.8) is 0 Å². The average Bonchev–Trinajstić information content (AvgIpc) is 2.41. The molecule has 0 saturated heterocycles. The zero-order valence-electron chi connectivity index (χ0n) is 12.1. The van der Waals surface area contributed by atoms with E-state index in [0.29, 0.717) is 6.42 Å². The van der Waals surface area contributed by atoms with E-state index in [9.17, 15) is 18.0 Å². The summed E-state index contributed by atoms with van der Waals surface area (Å²) in [4.78, 5) is 12.1. The van der Waals surface area contributed by atoms with Gasteiger partial charge in [0.05, 0.1) is 16.3 Å². The van der Waals surface area contributed by atoms with E-state index >= 15 is 0 Å². The predicted octanol–water partition coefficient (Wildman–Crippen LogP) is 5.51. The quantitative estimate of drug-likeness (QED) is 0.735. The van der Waals surface area contributed by atoms with Gasteiger partial charge in [-0.3, -0.25) is 4.79 Å². The number of hydrogen-bond donors (Lipinski definition) is 1. The maximum absolute atomic E-state index is 12.7. The van der Waals surface area contributed by atoms with Crippen molar-refractivity contribution in [2.45, 2.75) is 45.7 Å². The Morgan fingerprint density at radius 1 is 1.33 bits per heavy atom. The van der Waals surface area contributed by atoms with Gasteiger partial charge in [0.1, 0.15) is 0 Å². The molecule has 1 unspecified atom stereocenters. The number of halogens is 4. The van der Waals surface area contributed by atoms with Crippen LogP contribution in [0.1, 0.15) is 45.1 Å². The molecule has 21 heavy (non-hydrogen) atoms. The fraction of sp³-hybridized carbons (Fsp3) is 0.533. The summed E-state index contributed by atoms with van der Waals surface area (Å²) in [6, 6.07) is 2.91. The van der Waals surface area contributed by atoms with Crippen molar-refractivity contribution >= 4 is 23.2 Å². The molecule has 0 heterocycles. The molecule has 1 aromatic carbocycles. The van der Waals surface area contributed by atoms with Crippen molar-refractivity contribution in [3.05, 3.63) is 28.8 Å². The van der Waals surface area contributed by atoms with Crippen molar-refractivity contribution in [2.24, 2.45) is 5.92 Å². The topological polar surface area (TPSA) is 29.1 Å². The van der Waals surface area contributed by atoms with Gasteiger partial charge >= 0.3 is 6.18 Å². The van der Waals surface area contributed by atoms with E-state index < -0.39 is 11.7 Å². The number of carbonyl (C=O) groups excluding carboxylic acids is 1. The Morgan fingerprint density at radius 2 is 2.00 bits per heavy atom. The minimum atomic E-state index is -4.46. The molecular weight excluding hydrogens is 303 g/mol. The number of benzene rings is 1. The van der Waals surface area contributed by atoms with Gasteiger partial charge in [0.25, 0.3) is 0 Å². The third-order valence-corrected chi connectivity index (χ3v) is 3.65. The van der Waals surface area contributed by atoms with E-state index in [1.807, 2.05) is 13.8 Å². The summed E-state index contributed by atoms with van der Waals surface area (Å²) in [7, 11) is 0. The Kier molecular flexibility index (Phi) is 6.52. The second-order valence-corrected chi connectivity index (χ2v) is 5.34.